The molecule has 0 bridgehead atoms. The summed E-state index contributed by atoms with van der Waals surface area (Å²) >= 11 is 5.55. The molecule has 80 valence electrons. The molecule has 0 saturated heterocycles. The first-order chi connectivity index (χ1) is 6.56. The summed E-state index contributed by atoms with van der Waals surface area (Å²) in [6.07, 6.45) is 2.58. The maximum absolute atomic E-state index is 11.5. The summed E-state index contributed by atoms with van der Waals surface area (Å²) in [6.45, 7) is 2.20. The van der Waals surface area contributed by atoms with E-state index in [0.29, 0.717) is 12.4 Å². The second-order valence-corrected chi connectivity index (χ2v) is 5.12. The summed E-state index contributed by atoms with van der Waals surface area (Å²) in [5.74, 6) is 0.534. The third-order valence-electron chi connectivity index (χ3n) is 1.67. The van der Waals surface area contributed by atoms with E-state index >= 15 is 0 Å². The molecule has 1 rings (SSSR count). The summed E-state index contributed by atoms with van der Waals surface area (Å²) in [6, 6.07) is 0. The van der Waals surface area contributed by atoms with E-state index in [1.807, 2.05) is 6.92 Å². The molecule has 1 unspecified atom stereocenters. The molecule has 0 aliphatic rings. The van der Waals surface area contributed by atoms with E-state index in [1.165, 1.54) is 12.4 Å². The Morgan fingerprint density at radius 2 is 2.43 bits per heavy atom. The normalized spacial score (nSPS) is 14.1. The maximum Gasteiger partial charge on any atom is 0.243 e. The molecular formula is C7H12ClN3O2S. The van der Waals surface area contributed by atoms with E-state index < -0.39 is 10.0 Å². The lowest BCUT2D eigenvalue weighted by atomic mass is 10.2. The molecule has 0 amide bonds. The van der Waals surface area contributed by atoms with Crippen LogP contribution in [-0.4, -0.2) is 31.0 Å². The molecule has 14 heavy (non-hydrogen) atoms. The summed E-state index contributed by atoms with van der Waals surface area (Å²) in [4.78, 5) is 0.138. The fourth-order valence-electron chi connectivity index (χ4n) is 0.776. The van der Waals surface area contributed by atoms with Crippen molar-refractivity contribution in [3.8, 4) is 0 Å². The van der Waals surface area contributed by atoms with E-state index in [9.17, 15) is 8.42 Å². The zero-order valence-electron chi connectivity index (χ0n) is 7.70. The number of sulfonamides is 1. The van der Waals surface area contributed by atoms with Gasteiger partial charge in [-0.15, -0.1) is 11.6 Å². The van der Waals surface area contributed by atoms with E-state index in [2.05, 4.69) is 14.9 Å². The molecule has 0 aliphatic carbocycles. The van der Waals surface area contributed by atoms with Crippen molar-refractivity contribution < 1.29 is 8.42 Å². The molecule has 1 aromatic rings. The van der Waals surface area contributed by atoms with Gasteiger partial charge >= 0.3 is 0 Å². The van der Waals surface area contributed by atoms with Crippen LogP contribution in [0.2, 0.25) is 0 Å². The van der Waals surface area contributed by atoms with Crippen LogP contribution in [0.3, 0.4) is 0 Å². The van der Waals surface area contributed by atoms with Gasteiger partial charge in [-0.2, -0.15) is 5.10 Å². The Kier molecular flexibility index (Phi) is 3.91. The number of H-pyrrole nitrogens is 1. The quantitative estimate of drug-likeness (QED) is 0.735. The number of hydrogen-bond donors (Lipinski definition) is 2. The number of aromatic amines is 1. The highest BCUT2D eigenvalue weighted by atomic mass is 35.5. The largest absolute Gasteiger partial charge is 0.284 e. The number of alkyl halides is 1. The first-order valence-electron chi connectivity index (χ1n) is 4.10. The fraction of sp³-hybridized carbons (Fsp3) is 0.571. The van der Waals surface area contributed by atoms with Crippen LogP contribution in [0.4, 0.5) is 0 Å². The smallest absolute Gasteiger partial charge is 0.243 e. The second-order valence-electron chi connectivity index (χ2n) is 3.05. The highest BCUT2D eigenvalue weighted by molar-refractivity contribution is 7.89. The van der Waals surface area contributed by atoms with Gasteiger partial charge in [0.05, 0.1) is 6.20 Å². The van der Waals surface area contributed by atoms with Crippen LogP contribution in [0.1, 0.15) is 6.92 Å². The Bertz CT molecular complexity index is 362. The van der Waals surface area contributed by atoms with Crippen LogP contribution in [0.25, 0.3) is 0 Å². The molecular weight excluding hydrogens is 226 g/mol. The van der Waals surface area contributed by atoms with E-state index in [1.54, 1.807) is 0 Å². The van der Waals surface area contributed by atoms with Crippen LogP contribution >= 0.6 is 11.6 Å². The molecule has 0 aromatic carbocycles. The first-order valence-corrected chi connectivity index (χ1v) is 6.12. The summed E-state index contributed by atoms with van der Waals surface area (Å²) in [5.41, 5.74) is 0. The minimum absolute atomic E-state index is 0.110. The van der Waals surface area contributed by atoms with Crippen molar-refractivity contribution in [3.05, 3.63) is 12.4 Å². The summed E-state index contributed by atoms with van der Waals surface area (Å²) in [7, 11) is -3.42. The second kappa shape index (κ2) is 4.77. The molecule has 7 heteroatoms. The average Bonchev–Trinajstić information content (AvgIpc) is 2.67. The molecule has 2 N–H and O–H groups in total. The van der Waals surface area contributed by atoms with Gasteiger partial charge in [-0.1, -0.05) is 6.92 Å². The SMILES string of the molecule is CC(CCl)CNS(=O)(=O)c1cn[nH]c1. The number of aromatic nitrogens is 2. The van der Waals surface area contributed by atoms with Crippen LogP contribution in [0, 0.1) is 5.92 Å². The topological polar surface area (TPSA) is 74.8 Å². The van der Waals surface area contributed by atoms with Crippen LogP contribution in [-0.2, 0) is 10.0 Å². The lowest BCUT2D eigenvalue weighted by Crippen LogP contribution is -2.28. The van der Waals surface area contributed by atoms with Crippen molar-refractivity contribution in [2.45, 2.75) is 11.8 Å². The average molecular weight is 238 g/mol. The van der Waals surface area contributed by atoms with Gasteiger partial charge in [-0.3, -0.25) is 5.10 Å². The summed E-state index contributed by atoms with van der Waals surface area (Å²) < 4.78 is 25.4. The lowest BCUT2D eigenvalue weighted by molar-refractivity contribution is 0.562. The number of rotatable bonds is 5. The van der Waals surface area contributed by atoms with E-state index in [4.69, 9.17) is 11.6 Å². The summed E-state index contributed by atoms with van der Waals surface area (Å²) in [5, 5.41) is 6.01. The van der Waals surface area contributed by atoms with Gasteiger partial charge in [0.15, 0.2) is 0 Å². The molecule has 0 saturated carbocycles. The maximum atomic E-state index is 11.5. The van der Waals surface area contributed by atoms with Gasteiger partial charge in [-0.25, -0.2) is 13.1 Å². The number of hydrogen-bond acceptors (Lipinski definition) is 3. The Labute approximate surface area is 87.9 Å². The zero-order valence-corrected chi connectivity index (χ0v) is 9.27. The Morgan fingerprint density at radius 3 is 2.93 bits per heavy atom. The zero-order chi connectivity index (χ0) is 10.6. The molecule has 0 radical (unpaired) electrons. The van der Waals surface area contributed by atoms with Crippen LogP contribution in [0.5, 0.6) is 0 Å². The molecule has 1 atom stereocenters. The number of nitrogens with zero attached hydrogens (tertiary/aromatic N) is 1. The molecule has 0 aliphatic heterocycles. The minimum Gasteiger partial charge on any atom is -0.284 e. The van der Waals surface area contributed by atoms with Gasteiger partial charge in [0.1, 0.15) is 4.90 Å². The molecule has 0 fully saturated rings. The monoisotopic (exact) mass is 237 g/mol. The van der Waals surface area contributed by atoms with Gasteiger partial charge in [0.25, 0.3) is 0 Å². The standard InChI is InChI=1S/C7H12ClN3O2S/c1-6(2-8)3-11-14(12,13)7-4-9-10-5-7/h4-6,11H,2-3H2,1H3,(H,9,10). The lowest BCUT2D eigenvalue weighted by Gasteiger charge is -2.08. The van der Waals surface area contributed by atoms with Crippen molar-refractivity contribution in [3.63, 3.8) is 0 Å². The van der Waals surface area contributed by atoms with Crippen molar-refractivity contribution in [1.29, 1.82) is 0 Å². The Morgan fingerprint density at radius 1 is 1.71 bits per heavy atom. The van der Waals surface area contributed by atoms with Crippen LogP contribution in [0.15, 0.2) is 17.3 Å². The Balaban J connectivity index is 2.60. The van der Waals surface area contributed by atoms with Crippen molar-refractivity contribution >= 4 is 21.6 Å². The molecule has 1 aromatic heterocycles. The van der Waals surface area contributed by atoms with Gasteiger partial charge in [0, 0.05) is 18.6 Å². The predicted octanol–water partition coefficient (Wildman–Crippen LogP) is 0.563. The highest BCUT2D eigenvalue weighted by Crippen LogP contribution is 2.05. The fourth-order valence-corrected chi connectivity index (χ4v) is 1.95. The molecule has 5 nitrogen and oxygen atoms in total. The predicted molar refractivity (Wildman–Crippen MR) is 53.7 cm³/mol. The first kappa shape index (κ1) is 11.5. The van der Waals surface area contributed by atoms with E-state index in [-0.39, 0.29) is 10.8 Å². The van der Waals surface area contributed by atoms with Gasteiger partial charge in [-0.05, 0) is 5.92 Å². The van der Waals surface area contributed by atoms with Crippen molar-refractivity contribution in [2.75, 3.05) is 12.4 Å². The van der Waals surface area contributed by atoms with E-state index in [0.717, 1.165) is 0 Å². The third kappa shape index (κ3) is 2.97. The minimum atomic E-state index is -3.42. The van der Waals surface area contributed by atoms with Gasteiger partial charge < -0.3 is 0 Å². The van der Waals surface area contributed by atoms with Crippen molar-refractivity contribution in [1.82, 2.24) is 14.9 Å². The Hall–Kier alpha value is -0.590. The number of nitrogens with one attached hydrogen (secondary N) is 2. The third-order valence-corrected chi connectivity index (χ3v) is 3.59. The molecule has 0 spiro atoms. The number of halogens is 1. The van der Waals surface area contributed by atoms with Crippen molar-refractivity contribution in [2.24, 2.45) is 5.92 Å². The molecule has 1 heterocycles. The van der Waals surface area contributed by atoms with Crippen LogP contribution < -0.4 is 4.72 Å². The highest BCUT2D eigenvalue weighted by Gasteiger charge is 2.15. The van der Waals surface area contributed by atoms with Gasteiger partial charge in [0.2, 0.25) is 10.0 Å².